The van der Waals surface area contributed by atoms with Crippen LogP contribution in [0.2, 0.25) is 0 Å². The van der Waals surface area contributed by atoms with E-state index in [1.807, 2.05) is 0 Å². The van der Waals surface area contributed by atoms with Gasteiger partial charge in [0.2, 0.25) is 0 Å². The Kier molecular flexibility index (Phi) is 1.90. The molecule has 13 heavy (non-hydrogen) atoms. The van der Waals surface area contributed by atoms with E-state index >= 15 is 0 Å². The van der Waals surface area contributed by atoms with Gasteiger partial charge in [-0.3, -0.25) is 9.59 Å². The van der Waals surface area contributed by atoms with Gasteiger partial charge in [0.15, 0.2) is 5.41 Å². The van der Waals surface area contributed by atoms with E-state index < -0.39 is 29.4 Å². The standard InChI is InChI=1S/C7H7F3O3/c1-3-4(11)13-5(12)6(3,2)7(8,9)10/h3H,1-2H3. The fraction of sp³-hybridized carbons (Fsp3) is 0.714. The average Bonchev–Trinajstić information content (AvgIpc) is 2.14. The molecular weight excluding hydrogens is 189 g/mol. The number of hydrogen-bond donors (Lipinski definition) is 0. The summed E-state index contributed by atoms with van der Waals surface area (Å²) >= 11 is 0. The minimum atomic E-state index is -4.75. The van der Waals surface area contributed by atoms with Crippen LogP contribution in [0.5, 0.6) is 0 Å². The maximum Gasteiger partial charge on any atom is 0.405 e. The van der Waals surface area contributed by atoms with E-state index in [4.69, 9.17) is 0 Å². The van der Waals surface area contributed by atoms with Gasteiger partial charge < -0.3 is 4.74 Å². The Morgan fingerprint density at radius 1 is 1.38 bits per heavy atom. The Bertz CT molecular complexity index is 271. The summed E-state index contributed by atoms with van der Waals surface area (Å²) in [6, 6.07) is 0. The molecular formula is C7H7F3O3. The van der Waals surface area contributed by atoms with Crippen molar-refractivity contribution in [1.29, 1.82) is 0 Å². The molecule has 1 aliphatic rings. The number of cyclic esters (lactones) is 2. The van der Waals surface area contributed by atoms with Crippen molar-refractivity contribution in [2.45, 2.75) is 20.0 Å². The lowest BCUT2D eigenvalue weighted by Crippen LogP contribution is -2.43. The third kappa shape index (κ3) is 1.12. The van der Waals surface area contributed by atoms with Crippen LogP contribution in [0.25, 0.3) is 0 Å². The number of esters is 2. The van der Waals surface area contributed by atoms with Crippen molar-refractivity contribution in [3.05, 3.63) is 0 Å². The fourth-order valence-corrected chi connectivity index (χ4v) is 1.06. The van der Waals surface area contributed by atoms with E-state index in [0.717, 1.165) is 6.92 Å². The molecule has 0 aromatic heterocycles. The fourth-order valence-electron chi connectivity index (χ4n) is 1.06. The van der Waals surface area contributed by atoms with Crippen molar-refractivity contribution in [1.82, 2.24) is 0 Å². The highest BCUT2D eigenvalue weighted by atomic mass is 19.4. The van der Waals surface area contributed by atoms with Crippen molar-refractivity contribution in [3.8, 4) is 0 Å². The van der Waals surface area contributed by atoms with E-state index in [-0.39, 0.29) is 0 Å². The van der Waals surface area contributed by atoms with Gasteiger partial charge in [0, 0.05) is 0 Å². The first-order valence-electron chi connectivity index (χ1n) is 3.54. The van der Waals surface area contributed by atoms with Crippen molar-refractivity contribution in [3.63, 3.8) is 0 Å². The molecule has 0 spiro atoms. The molecule has 2 unspecified atom stereocenters. The number of halogens is 3. The SMILES string of the molecule is CC1C(=O)OC(=O)C1(C)C(F)(F)F. The topological polar surface area (TPSA) is 43.4 Å². The zero-order chi connectivity index (χ0) is 10.4. The van der Waals surface area contributed by atoms with E-state index in [9.17, 15) is 22.8 Å². The molecule has 2 atom stereocenters. The quantitative estimate of drug-likeness (QED) is 0.433. The first-order valence-corrected chi connectivity index (χ1v) is 3.54. The predicted octanol–water partition coefficient (Wildman–Crippen LogP) is 1.27. The van der Waals surface area contributed by atoms with E-state index in [1.165, 1.54) is 0 Å². The highest BCUT2D eigenvalue weighted by Crippen LogP contribution is 2.48. The van der Waals surface area contributed by atoms with E-state index in [2.05, 4.69) is 4.74 Å². The molecule has 0 radical (unpaired) electrons. The lowest BCUT2D eigenvalue weighted by Gasteiger charge is -2.25. The number of hydrogen-bond acceptors (Lipinski definition) is 3. The molecule has 6 heteroatoms. The summed E-state index contributed by atoms with van der Waals surface area (Å²) in [5, 5.41) is 0. The second-order valence-corrected chi connectivity index (χ2v) is 3.13. The zero-order valence-corrected chi connectivity index (χ0v) is 6.94. The smallest absolute Gasteiger partial charge is 0.392 e. The Morgan fingerprint density at radius 3 is 2.00 bits per heavy atom. The van der Waals surface area contributed by atoms with Gasteiger partial charge >= 0.3 is 18.1 Å². The van der Waals surface area contributed by atoms with Crippen LogP contribution >= 0.6 is 0 Å². The molecule has 3 nitrogen and oxygen atoms in total. The van der Waals surface area contributed by atoms with Gasteiger partial charge in [-0.2, -0.15) is 13.2 Å². The summed E-state index contributed by atoms with van der Waals surface area (Å²) in [6.45, 7) is 1.70. The Morgan fingerprint density at radius 2 is 1.85 bits per heavy atom. The summed E-state index contributed by atoms with van der Waals surface area (Å²) in [7, 11) is 0. The zero-order valence-electron chi connectivity index (χ0n) is 6.94. The van der Waals surface area contributed by atoms with Crippen LogP contribution in [0.4, 0.5) is 13.2 Å². The van der Waals surface area contributed by atoms with Crippen molar-refractivity contribution >= 4 is 11.9 Å². The molecule has 0 saturated carbocycles. The molecule has 0 amide bonds. The lowest BCUT2D eigenvalue weighted by molar-refractivity contribution is -0.225. The molecule has 1 aliphatic heterocycles. The minimum Gasteiger partial charge on any atom is -0.392 e. The molecule has 74 valence electrons. The van der Waals surface area contributed by atoms with Gasteiger partial charge in [0.05, 0.1) is 5.92 Å². The number of ether oxygens (including phenoxy) is 1. The third-order valence-electron chi connectivity index (χ3n) is 2.43. The van der Waals surface area contributed by atoms with E-state index in [0.29, 0.717) is 6.92 Å². The Hall–Kier alpha value is -1.07. The molecule has 0 aromatic carbocycles. The van der Waals surface area contributed by atoms with Crippen LogP contribution < -0.4 is 0 Å². The highest BCUT2D eigenvalue weighted by Gasteiger charge is 2.67. The van der Waals surface area contributed by atoms with Gasteiger partial charge in [-0.25, -0.2) is 0 Å². The maximum absolute atomic E-state index is 12.4. The highest BCUT2D eigenvalue weighted by molar-refractivity contribution is 5.99. The lowest BCUT2D eigenvalue weighted by atomic mass is 9.79. The second-order valence-electron chi connectivity index (χ2n) is 3.13. The first-order chi connectivity index (χ1) is 5.71. The van der Waals surface area contributed by atoms with Gasteiger partial charge in [0.1, 0.15) is 0 Å². The Labute approximate surface area is 71.9 Å². The van der Waals surface area contributed by atoms with Crippen molar-refractivity contribution < 1.29 is 27.5 Å². The van der Waals surface area contributed by atoms with Crippen LogP contribution in [-0.2, 0) is 14.3 Å². The van der Waals surface area contributed by atoms with E-state index in [1.54, 1.807) is 0 Å². The second kappa shape index (κ2) is 2.46. The average molecular weight is 196 g/mol. The monoisotopic (exact) mass is 196 g/mol. The van der Waals surface area contributed by atoms with Crippen LogP contribution in [0.3, 0.4) is 0 Å². The van der Waals surface area contributed by atoms with Crippen molar-refractivity contribution in [2.24, 2.45) is 11.3 Å². The molecule has 0 aromatic rings. The van der Waals surface area contributed by atoms with Gasteiger partial charge in [-0.1, -0.05) is 6.92 Å². The molecule has 1 fully saturated rings. The van der Waals surface area contributed by atoms with Gasteiger partial charge in [-0.05, 0) is 6.92 Å². The first kappa shape index (κ1) is 10.0. The molecule has 0 N–H and O–H groups in total. The Balaban J connectivity index is 3.16. The summed E-state index contributed by atoms with van der Waals surface area (Å²) in [6.07, 6.45) is -4.75. The summed E-state index contributed by atoms with van der Waals surface area (Å²) in [5.41, 5.74) is -2.69. The molecule has 0 bridgehead atoms. The molecule has 0 aliphatic carbocycles. The maximum atomic E-state index is 12.4. The number of alkyl halides is 3. The summed E-state index contributed by atoms with van der Waals surface area (Å²) in [4.78, 5) is 21.5. The van der Waals surface area contributed by atoms with Crippen molar-refractivity contribution in [2.75, 3.05) is 0 Å². The van der Waals surface area contributed by atoms with Crippen LogP contribution in [0.15, 0.2) is 0 Å². The minimum absolute atomic E-state index is 0.672. The molecule has 1 heterocycles. The number of carbonyl (C=O) groups excluding carboxylic acids is 2. The predicted molar refractivity (Wildman–Crippen MR) is 34.4 cm³/mol. The molecule has 1 saturated heterocycles. The summed E-state index contributed by atoms with van der Waals surface area (Å²) in [5.74, 6) is -4.11. The number of carbonyl (C=O) groups is 2. The van der Waals surface area contributed by atoms with Gasteiger partial charge in [0.25, 0.3) is 0 Å². The van der Waals surface area contributed by atoms with Gasteiger partial charge in [-0.15, -0.1) is 0 Å². The van der Waals surface area contributed by atoms with Crippen LogP contribution in [-0.4, -0.2) is 18.1 Å². The largest absolute Gasteiger partial charge is 0.405 e. The van der Waals surface area contributed by atoms with Crippen LogP contribution in [0.1, 0.15) is 13.8 Å². The number of rotatable bonds is 0. The third-order valence-corrected chi connectivity index (χ3v) is 2.43. The summed E-state index contributed by atoms with van der Waals surface area (Å²) < 4.78 is 41.0. The molecule has 1 rings (SSSR count). The normalized spacial score (nSPS) is 35.0. The van der Waals surface area contributed by atoms with Crippen LogP contribution in [0, 0.1) is 11.3 Å².